The quantitative estimate of drug-likeness (QED) is 0.817. The molecule has 0 aromatic heterocycles. The van der Waals surface area contributed by atoms with Crippen LogP contribution in [0.25, 0.3) is 0 Å². The number of rotatable bonds is 5. The van der Waals surface area contributed by atoms with E-state index in [-0.39, 0.29) is 5.91 Å². The molecule has 0 atom stereocenters. The third kappa shape index (κ3) is 4.00. The molecule has 19 heavy (non-hydrogen) atoms. The minimum absolute atomic E-state index is 0.0453. The van der Waals surface area contributed by atoms with E-state index in [4.69, 9.17) is 0 Å². The van der Waals surface area contributed by atoms with E-state index in [2.05, 4.69) is 11.9 Å². The molecule has 0 saturated heterocycles. The molecule has 1 N–H and O–H groups in total. The minimum atomic E-state index is -0.0453. The van der Waals surface area contributed by atoms with E-state index in [0.717, 1.165) is 15.5 Å². The molecule has 0 heterocycles. The number of amides is 1. The van der Waals surface area contributed by atoms with E-state index in [1.807, 2.05) is 54.6 Å². The zero-order chi connectivity index (χ0) is 13.5. The first-order valence-electron chi connectivity index (χ1n) is 6.02. The maximum atomic E-state index is 11.6. The Morgan fingerprint density at radius 2 is 1.79 bits per heavy atom. The lowest BCUT2D eigenvalue weighted by molar-refractivity contribution is -0.115. The topological polar surface area (TPSA) is 29.1 Å². The van der Waals surface area contributed by atoms with E-state index in [1.165, 1.54) is 0 Å². The molecule has 0 aliphatic carbocycles. The van der Waals surface area contributed by atoms with E-state index in [0.29, 0.717) is 6.42 Å². The molecule has 2 rings (SSSR count). The Kier molecular flexibility index (Phi) is 4.81. The van der Waals surface area contributed by atoms with Crippen LogP contribution in [-0.4, -0.2) is 5.91 Å². The molecule has 0 aliphatic rings. The molecular formula is C16H15NOS. The highest BCUT2D eigenvalue weighted by atomic mass is 32.2. The second-order valence-corrected chi connectivity index (χ2v) is 5.07. The number of carbonyl (C=O) groups excluding carboxylic acids is 1. The molecule has 0 fully saturated rings. The predicted octanol–water partition coefficient (Wildman–Crippen LogP) is 4.35. The van der Waals surface area contributed by atoms with Gasteiger partial charge in [0.05, 0.1) is 5.69 Å². The highest BCUT2D eigenvalue weighted by Gasteiger charge is 2.06. The number of anilines is 1. The Morgan fingerprint density at radius 1 is 1.11 bits per heavy atom. The second kappa shape index (κ2) is 6.81. The van der Waals surface area contributed by atoms with Crippen molar-refractivity contribution >= 4 is 23.4 Å². The van der Waals surface area contributed by atoms with Gasteiger partial charge in [0.15, 0.2) is 0 Å². The summed E-state index contributed by atoms with van der Waals surface area (Å²) in [6.45, 7) is 3.57. The van der Waals surface area contributed by atoms with Crippen molar-refractivity contribution in [3.63, 3.8) is 0 Å². The summed E-state index contributed by atoms with van der Waals surface area (Å²) in [6.07, 6.45) is 1.92. The Hall–Kier alpha value is -2.00. The number of benzene rings is 2. The van der Waals surface area contributed by atoms with Crippen LogP contribution in [0.15, 0.2) is 77.0 Å². The first-order valence-corrected chi connectivity index (χ1v) is 6.84. The van der Waals surface area contributed by atoms with Gasteiger partial charge in [-0.15, -0.1) is 6.58 Å². The fourth-order valence-corrected chi connectivity index (χ4v) is 2.53. The lowest BCUT2D eigenvalue weighted by Gasteiger charge is -2.10. The van der Waals surface area contributed by atoms with Crippen LogP contribution in [0.5, 0.6) is 0 Å². The number of hydrogen-bond acceptors (Lipinski definition) is 2. The molecule has 2 aromatic carbocycles. The van der Waals surface area contributed by atoms with Gasteiger partial charge in [0.1, 0.15) is 0 Å². The standard InChI is InChI=1S/C16H15NOS/c1-2-8-16(18)17-14-11-6-7-12-15(14)19-13-9-4-3-5-10-13/h2-7,9-12H,1,8H2,(H,17,18). The fourth-order valence-electron chi connectivity index (χ4n) is 1.61. The van der Waals surface area contributed by atoms with Crippen LogP contribution in [0.1, 0.15) is 6.42 Å². The van der Waals surface area contributed by atoms with E-state index in [9.17, 15) is 4.79 Å². The molecule has 0 aliphatic heterocycles. The van der Waals surface area contributed by atoms with Gasteiger partial charge in [-0.3, -0.25) is 4.79 Å². The molecule has 96 valence electrons. The summed E-state index contributed by atoms with van der Waals surface area (Å²) in [7, 11) is 0. The van der Waals surface area contributed by atoms with Crippen LogP contribution in [0.4, 0.5) is 5.69 Å². The normalized spacial score (nSPS) is 9.89. The largest absolute Gasteiger partial charge is 0.325 e. The highest BCUT2D eigenvalue weighted by Crippen LogP contribution is 2.33. The molecule has 3 heteroatoms. The number of carbonyl (C=O) groups is 1. The first kappa shape index (κ1) is 13.4. The van der Waals surface area contributed by atoms with Gasteiger partial charge in [-0.2, -0.15) is 0 Å². The van der Waals surface area contributed by atoms with Crippen molar-refractivity contribution in [2.45, 2.75) is 16.2 Å². The fraction of sp³-hybridized carbons (Fsp3) is 0.0625. The van der Waals surface area contributed by atoms with Crippen molar-refractivity contribution in [2.75, 3.05) is 5.32 Å². The van der Waals surface area contributed by atoms with E-state index in [1.54, 1.807) is 17.8 Å². The summed E-state index contributed by atoms with van der Waals surface area (Å²) in [4.78, 5) is 13.8. The summed E-state index contributed by atoms with van der Waals surface area (Å²) in [5, 5.41) is 2.90. The number of para-hydroxylation sites is 1. The van der Waals surface area contributed by atoms with Gasteiger partial charge < -0.3 is 5.32 Å². The summed E-state index contributed by atoms with van der Waals surface area (Å²) in [5.74, 6) is -0.0453. The third-order valence-corrected chi connectivity index (χ3v) is 3.55. The van der Waals surface area contributed by atoms with Crippen molar-refractivity contribution in [1.29, 1.82) is 0 Å². The average Bonchev–Trinajstić information content (AvgIpc) is 2.42. The SMILES string of the molecule is C=CCC(=O)Nc1ccccc1Sc1ccccc1. The summed E-state index contributed by atoms with van der Waals surface area (Å²) >= 11 is 1.63. The van der Waals surface area contributed by atoms with Crippen LogP contribution in [0.3, 0.4) is 0 Å². The monoisotopic (exact) mass is 269 g/mol. The summed E-state index contributed by atoms with van der Waals surface area (Å²) in [5.41, 5.74) is 0.836. The van der Waals surface area contributed by atoms with Crippen molar-refractivity contribution < 1.29 is 4.79 Å². The minimum Gasteiger partial charge on any atom is -0.325 e. The average molecular weight is 269 g/mol. The smallest absolute Gasteiger partial charge is 0.228 e. The van der Waals surface area contributed by atoms with Gasteiger partial charge in [0.25, 0.3) is 0 Å². The molecule has 0 bridgehead atoms. The Balaban J connectivity index is 2.16. The van der Waals surface area contributed by atoms with Gasteiger partial charge in [0, 0.05) is 16.2 Å². The summed E-state index contributed by atoms with van der Waals surface area (Å²) in [6, 6.07) is 17.9. The highest BCUT2D eigenvalue weighted by molar-refractivity contribution is 7.99. The van der Waals surface area contributed by atoms with Gasteiger partial charge in [-0.1, -0.05) is 48.2 Å². The number of nitrogens with one attached hydrogen (secondary N) is 1. The zero-order valence-electron chi connectivity index (χ0n) is 10.5. The third-order valence-electron chi connectivity index (χ3n) is 2.46. The van der Waals surface area contributed by atoms with Gasteiger partial charge in [0.2, 0.25) is 5.91 Å². The van der Waals surface area contributed by atoms with Crippen LogP contribution < -0.4 is 5.32 Å². The first-order chi connectivity index (χ1) is 9.29. The van der Waals surface area contributed by atoms with Crippen LogP contribution in [-0.2, 0) is 4.79 Å². The zero-order valence-corrected chi connectivity index (χ0v) is 11.3. The van der Waals surface area contributed by atoms with Gasteiger partial charge in [-0.05, 0) is 24.3 Å². The molecular weight excluding hydrogens is 254 g/mol. The van der Waals surface area contributed by atoms with Crippen molar-refractivity contribution in [3.05, 3.63) is 67.3 Å². The van der Waals surface area contributed by atoms with Crippen molar-refractivity contribution in [3.8, 4) is 0 Å². The molecule has 1 amide bonds. The molecule has 0 saturated carbocycles. The summed E-state index contributed by atoms with van der Waals surface area (Å²) < 4.78 is 0. The Bertz CT molecular complexity index is 566. The molecule has 2 nitrogen and oxygen atoms in total. The Labute approximate surface area is 117 Å². The van der Waals surface area contributed by atoms with Crippen LogP contribution in [0.2, 0.25) is 0 Å². The maximum Gasteiger partial charge on any atom is 0.228 e. The number of hydrogen-bond donors (Lipinski definition) is 1. The molecule has 0 unspecified atom stereocenters. The predicted molar refractivity (Wildman–Crippen MR) is 80.5 cm³/mol. The molecule has 0 spiro atoms. The van der Waals surface area contributed by atoms with Crippen molar-refractivity contribution in [1.82, 2.24) is 0 Å². The second-order valence-electron chi connectivity index (χ2n) is 3.95. The molecule has 0 radical (unpaired) electrons. The lowest BCUT2D eigenvalue weighted by Crippen LogP contribution is -2.10. The van der Waals surface area contributed by atoms with E-state index < -0.39 is 0 Å². The van der Waals surface area contributed by atoms with Crippen molar-refractivity contribution in [2.24, 2.45) is 0 Å². The lowest BCUT2D eigenvalue weighted by atomic mass is 10.3. The Morgan fingerprint density at radius 3 is 2.53 bits per heavy atom. The maximum absolute atomic E-state index is 11.6. The van der Waals surface area contributed by atoms with Gasteiger partial charge in [-0.25, -0.2) is 0 Å². The molecule has 2 aromatic rings. The van der Waals surface area contributed by atoms with Crippen LogP contribution >= 0.6 is 11.8 Å². The van der Waals surface area contributed by atoms with E-state index >= 15 is 0 Å². The van der Waals surface area contributed by atoms with Crippen LogP contribution in [0, 0.1) is 0 Å². The van der Waals surface area contributed by atoms with Gasteiger partial charge >= 0.3 is 0 Å².